The second kappa shape index (κ2) is 5.57. The number of hydrogen-bond acceptors (Lipinski definition) is 5. The van der Waals surface area contributed by atoms with Gasteiger partial charge in [0.15, 0.2) is 0 Å². The number of anilines is 3. The number of aromatic nitrogens is 1. The van der Waals surface area contributed by atoms with Crippen molar-refractivity contribution in [1.82, 2.24) is 4.98 Å². The molecule has 0 atom stereocenters. The third-order valence-electron chi connectivity index (χ3n) is 2.32. The molecule has 5 nitrogen and oxygen atoms in total. The van der Waals surface area contributed by atoms with Crippen LogP contribution in [0.3, 0.4) is 0 Å². The predicted molar refractivity (Wildman–Crippen MR) is 73.3 cm³/mol. The molecule has 0 aliphatic carbocycles. The number of ether oxygens (including phenoxy) is 1. The van der Waals surface area contributed by atoms with Crippen molar-refractivity contribution in [3.63, 3.8) is 0 Å². The Labute approximate surface area is 110 Å². The Bertz CT molecular complexity index is 547. The van der Waals surface area contributed by atoms with Crippen LogP contribution in [0.15, 0.2) is 36.4 Å². The first-order valence-electron chi connectivity index (χ1n) is 5.27. The van der Waals surface area contributed by atoms with E-state index in [9.17, 15) is 0 Å². The zero-order chi connectivity index (χ0) is 13.0. The molecule has 0 saturated heterocycles. The number of nitrogen functional groups attached to an aromatic ring is 1. The first kappa shape index (κ1) is 12.5. The van der Waals surface area contributed by atoms with Crippen molar-refractivity contribution in [3.8, 4) is 5.75 Å². The van der Waals surface area contributed by atoms with Crippen LogP contribution >= 0.6 is 11.6 Å². The molecule has 0 unspecified atom stereocenters. The SMILES string of the molecule is COc1ccc(Cl)cc1Nc1cccc(NN)n1. The number of halogens is 1. The van der Waals surface area contributed by atoms with Crippen molar-refractivity contribution in [2.24, 2.45) is 5.84 Å². The van der Waals surface area contributed by atoms with Crippen LogP contribution in [-0.4, -0.2) is 12.1 Å². The zero-order valence-corrected chi connectivity index (χ0v) is 10.5. The average molecular weight is 265 g/mol. The minimum atomic E-state index is 0.570. The van der Waals surface area contributed by atoms with E-state index in [-0.39, 0.29) is 0 Å². The van der Waals surface area contributed by atoms with E-state index in [4.69, 9.17) is 22.2 Å². The summed E-state index contributed by atoms with van der Waals surface area (Å²) in [5.74, 6) is 7.21. The smallest absolute Gasteiger partial charge is 0.142 e. The normalized spacial score (nSPS) is 9.94. The number of nitrogens with zero attached hydrogens (tertiary/aromatic N) is 1. The number of benzene rings is 1. The van der Waals surface area contributed by atoms with E-state index in [1.165, 1.54) is 0 Å². The third-order valence-corrected chi connectivity index (χ3v) is 2.56. The third kappa shape index (κ3) is 2.82. The number of rotatable bonds is 4. The Balaban J connectivity index is 2.29. The summed E-state index contributed by atoms with van der Waals surface area (Å²) in [6.45, 7) is 0. The van der Waals surface area contributed by atoms with Crippen molar-refractivity contribution in [2.75, 3.05) is 17.9 Å². The second-order valence-corrected chi connectivity index (χ2v) is 3.96. The Morgan fingerprint density at radius 3 is 2.72 bits per heavy atom. The zero-order valence-electron chi connectivity index (χ0n) is 9.77. The lowest BCUT2D eigenvalue weighted by Crippen LogP contribution is -2.09. The maximum Gasteiger partial charge on any atom is 0.142 e. The van der Waals surface area contributed by atoms with Crippen LogP contribution in [0.25, 0.3) is 0 Å². The minimum absolute atomic E-state index is 0.570. The molecule has 18 heavy (non-hydrogen) atoms. The fourth-order valence-electron chi connectivity index (χ4n) is 1.50. The number of methoxy groups -OCH3 is 1. The predicted octanol–water partition coefficient (Wildman–Crippen LogP) is 2.77. The van der Waals surface area contributed by atoms with E-state index >= 15 is 0 Å². The molecule has 2 rings (SSSR count). The number of hydrogen-bond donors (Lipinski definition) is 3. The molecule has 1 aromatic heterocycles. The van der Waals surface area contributed by atoms with Crippen molar-refractivity contribution in [1.29, 1.82) is 0 Å². The number of hydrazine groups is 1. The first-order chi connectivity index (χ1) is 8.72. The van der Waals surface area contributed by atoms with Gasteiger partial charge >= 0.3 is 0 Å². The van der Waals surface area contributed by atoms with Crippen LogP contribution < -0.4 is 21.3 Å². The highest BCUT2D eigenvalue weighted by atomic mass is 35.5. The van der Waals surface area contributed by atoms with Gasteiger partial charge in [0.25, 0.3) is 0 Å². The average Bonchev–Trinajstić information content (AvgIpc) is 2.39. The lowest BCUT2D eigenvalue weighted by atomic mass is 10.3. The van der Waals surface area contributed by atoms with E-state index in [1.54, 1.807) is 31.4 Å². The van der Waals surface area contributed by atoms with E-state index in [0.717, 1.165) is 5.69 Å². The number of nitrogens with one attached hydrogen (secondary N) is 2. The van der Waals surface area contributed by atoms with Gasteiger partial charge in [-0.25, -0.2) is 10.8 Å². The Kier molecular flexibility index (Phi) is 3.86. The Hall–Kier alpha value is -1.98. The quantitative estimate of drug-likeness (QED) is 0.585. The standard InChI is InChI=1S/C12H13ClN4O/c1-18-10-6-5-8(13)7-9(10)15-11-3-2-4-12(16-11)17-14/h2-7H,14H2,1H3,(H2,15,16,17). The maximum absolute atomic E-state index is 5.95. The fraction of sp³-hybridized carbons (Fsp3) is 0.0833. The molecule has 0 aliphatic rings. The van der Waals surface area contributed by atoms with Crippen LogP contribution in [-0.2, 0) is 0 Å². The van der Waals surface area contributed by atoms with Crippen LogP contribution in [0.4, 0.5) is 17.3 Å². The van der Waals surface area contributed by atoms with Gasteiger partial charge in [-0.2, -0.15) is 0 Å². The van der Waals surface area contributed by atoms with Gasteiger partial charge in [0.05, 0.1) is 12.8 Å². The van der Waals surface area contributed by atoms with Gasteiger partial charge in [-0.1, -0.05) is 17.7 Å². The van der Waals surface area contributed by atoms with E-state index < -0.39 is 0 Å². The minimum Gasteiger partial charge on any atom is -0.495 e. The van der Waals surface area contributed by atoms with Gasteiger partial charge in [-0.05, 0) is 30.3 Å². The fourth-order valence-corrected chi connectivity index (χ4v) is 1.67. The molecule has 94 valence electrons. The van der Waals surface area contributed by atoms with E-state index in [0.29, 0.717) is 22.4 Å². The molecular weight excluding hydrogens is 252 g/mol. The summed E-state index contributed by atoms with van der Waals surface area (Å²) < 4.78 is 5.24. The summed E-state index contributed by atoms with van der Waals surface area (Å²) in [6, 6.07) is 10.7. The van der Waals surface area contributed by atoms with Gasteiger partial charge in [-0.3, -0.25) is 0 Å². The van der Waals surface area contributed by atoms with Gasteiger partial charge in [0.2, 0.25) is 0 Å². The van der Waals surface area contributed by atoms with Gasteiger partial charge < -0.3 is 15.5 Å². The molecule has 0 saturated carbocycles. The lowest BCUT2D eigenvalue weighted by molar-refractivity contribution is 0.417. The summed E-state index contributed by atoms with van der Waals surface area (Å²) in [4.78, 5) is 4.25. The Morgan fingerprint density at radius 1 is 1.22 bits per heavy atom. The molecule has 1 aromatic carbocycles. The van der Waals surface area contributed by atoms with Gasteiger partial charge in [0, 0.05) is 5.02 Å². The molecule has 0 amide bonds. The molecule has 0 aliphatic heterocycles. The molecule has 0 bridgehead atoms. The summed E-state index contributed by atoms with van der Waals surface area (Å²) in [5.41, 5.74) is 3.23. The summed E-state index contributed by atoms with van der Waals surface area (Å²) >= 11 is 5.95. The summed E-state index contributed by atoms with van der Waals surface area (Å²) in [7, 11) is 1.60. The second-order valence-electron chi connectivity index (χ2n) is 3.52. The monoisotopic (exact) mass is 264 g/mol. The first-order valence-corrected chi connectivity index (χ1v) is 5.65. The van der Waals surface area contributed by atoms with Crippen LogP contribution in [0.5, 0.6) is 5.75 Å². The maximum atomic E-state index is 5.95. The summed E-state index contributed by atoms with van der Waals surface area (Å²) in [6.07, 6.45) is 0. The highest BCUT2D eigenvalue weighted by Gasteiger charge is 2.05. The van der Waals surface area contributed by atoms with Crippen molar-refractivity contribution >= 4 is 28.9 Å². The largest absolute Gasteiger partial charge is 0.495 e. The highest BCUT2D eigenvalue weighted by molar-refractivity contribution is 6.31. The highest BCUT2D eigenvalue weighted by Crippen LogP contribution is 2.30. The summed E-state index contributed by atoms with van der Waals surface area (Å²) in [5, 5.41) is 3.74. The molecule has 6 heteroatoms. The number of nitrogens with two attached hydrogens (primary N) is 1. The van der Waals surface area contributed by atoms with Gasteiger partial charge in [0.1, 0.15) is 17.4 Å². The molecule has 1 heterocycles. The lowest BCUT2D eigenvalue weighted by Gasteiger charge is -2.11. The molecule has 4 N–H and O–H groups in total. The van der Waals surface area contributed by atoms with Crippen LogP contribution in [0, 0.1) is 0 Å². The topological polar surface area (TPSA) is 72.2 Å². The van der Waals surface area contributed by atoms with Crippen LogP contribution in [0.1, 0.15) is 0 Å². The molecule has 0 fully saturated rings. The molecule has 2 aromatic rings. The molecule has 0 spiro atoms. The Morgan fingerprint density at radius 2 is 2.00 bits per heavy atom. The van der Waals surface area contributed by atoms with E-state index in [2.05, 4.69) is 15.7 Å². The van der Waals surface area contributed by atoms with Crippen LogP contribution in [0.2, 0.25) is 5.02 Å². The van der Waals surface area contributed by atoms with Crippen molar-refractivity contribution in [2.45, 2.75) is 0 Å². The number of pyridine rings is 1. The van der Waals surface area contributed by atoms with Crippen molar-refractivity contribution < 1.29 is 4.74 Å². The van der Waals surface area contributed by atoms with Crippen molar-refractivity contribution in [3.05, 3.63) is 41.4 Å². The van der Waals surface area contributed by atoms with E-state index in [1.807, 2.05) is 12.1 Å². The molecular formula is C12H13ClN4O. The van der Waals surface area contributed by atoms with Gasteiger partial charge in [-0.15, -0.1) is 0 Å². The molecule has 0 radical (unpaired) electrons.